The van der Waals surface area contributed by atoms with Gasteiger partial charge in [0.05, 0.1) is 5.54 Å². The van der Waals surface area contributed by atoms with Crippen molar-refractivity contribution in [2.75, 3.05) is 12.5 Å². The minimum atomic E-state index is -0.442. The Balaban J connectivity index is 2.64. The van der Waals surface area contributed by atoms with Crippen LogP contribution in [0, 0.1) is 13.8 Å². The van der Waals surface area contributed by atoms with Gasteiger partial charge < -0.3 is 10.1 Å². The molecular formula is C14H20ClNO2. The molecule has 0 spiro atoms. The van der Waals surface area contributed by atoms with Crippen molar-refractivity contribution >= 4 is 17.5 Å². The third-order valence-electron chi connectivity index (χ3n) is 2.74. The number of alkyl halides is 1. The molecule has 0 bridgehead atoms. The average molecular weight is 270 g/mol. The lowest BCUT2D eigenvalue weighted by molar-refractivity contribution is -0.120. The van der Waals surface area contributed by atoms with E-state index in [0.29, 0.717) is 6.61 Å². The van der Waals surface area contributed by atoms with Crippen LogP contribution >= 0.6 is 11.6 Å². The van der Waals surface area contributed by atoms with Crippen LogP contribution in [0.3, 0.4) is 0 Å². The summed E-state index contributed by atoms with van der Waals surface area (Å²) in [5.74, 6) is 0.627. The van der Waals surface area contributed by atoms with Crippen molar-refractivity contribution in [2.24, 2.45) is 0 Å². The molecule has 100 valence electrons. The van der Waals surface area contributed by atoms with Gasteiger partial charge in [-0.2, -0.15) is 0 Å². The first-order valence-electron chi connectivity index (χ1n) is 5.92. The Kier molecular flexibility index (Phi) is 5.03. The van der Waals surface area contributed by atoms with Crippen molar-refractivity contribution < 1.29 is 9.53 Å². The van der Waals surface area contributed by atoms with Gasteiger partial charge in [0.15, 0.2) is 0 Å². The summed E-state index contributed by atoms with van der Waals surface area (Å²) < 4.78 is 5.77. The molecule has 1 rings (SSSR count). The Labute approximate surface area is 113 Å². The molecule has 4 heteroatoms. The molecule has 0 fully saturated rings. The number of aryl methyl sites for hydroxylation is 1. The van der Waals surface area contributed by atoms with E-state index in [4.69, 9.17) is 16.3 Å². The van der Waals surface area contributed by atoms with E-state index in [1.165, 1.54) is 5.56 Å². The third-order valence-corrected chi connectivity index (χ3v) is 2.99. The van der Waals surface area contributed by atoms with Crippen molar-refractivity contribution in [1.29, 1.82) is 0 Å². The zero-order chi connectivity index (χ0) is 13.8. The fraction of sp³-hybridized carbons (Fsp3) is 0.500. The van der Waals surface area contributed by atoms with Crippen LogP contribution in [-0.4, -0.2) is 23.9 Å². The highest BCUT2D eigenvalue weighted by Gasteiger charge is 2.21. The number of carbonyl (C=O) groups excluding carboxylic acids is 1. The van der Waals surface area contributed by atoms with E-state index in [0.717, 1.165) is 11.3 Å². The first-order valence-corrected chi connectivity index (χ1v) is 6.45. The first kappa shape index (κ1) is 14.8. The van der Waals surface area contributed by atoms with Gasteiger partial charge in [0, 0.05) is 0 Å². The number of benzene rings is 1. The van der Waals surface area contributed by atoms with Gasteiger partial charge in [-0.15, -0.1) is 11.6 Å². The average Bonchev–Trinajstić information content (AvgIpc) is 2.30. The van der Waals surface area contributed by atoms with Gasteiger partial charge in [-0.05, 0) is 44.9 Å². The molecule has 0 aliphatic rings. The summed E-state index contributed by atoms with van der Waals surface area (Å²) in [5, 5.41) is 2.81. The molecule has 0 heterocycles. The summed E-state index contributed by atoms with van der Waals surface area (Å²) in [6.45, 7) is 8.28. The van der Waals surface area contributed by atoms with Crippen LogP contribution in [0.4, 0.5) is 0 Å². The number of amides is 1. The third kappa shape index (κ3) is 4.22. The maximum absolute atomic E-state index is 11.3. The van der Waals surface area contributed by atoms with Gasteiger partial charge in [-0.25, -0.2) is 0 Å². The molecule has 18 heavy (non-hydrogen) atoms. The van der Waals surface area contributed by atoms with Crippen molar-refractivity contribution in [3.8, 4) is 5.75 Å². The van der Waals surface area contributed by atoms with E-state index < -0.39 is 5.54 Å². The Hall–Kier alpha value is -1.22. The highest BCUT2D eigenvalue weighted by molar-refractivity contribution is 6.27. The summed E-state index contributed by atoms with van der Waals surface area (Å²) >= 11 is 5.47. The predicted molar refractivity (Wildman–Crippen MR) is 74.4 cm³/mol. The van der Waals surface area contributed by atoms with Gasteiger partial charge in [0.1, 0.15) is 18.2 Å². The monoisotopic (exact) mass is 269 g/mol. The van der Waals surface area contributed by atoms with E-state index >= 15 is 0 Å². The summed E-state index contributed by atoms with van der Waals surface area (Å²) in [5.41, 5.74) is 1.87. The van der Waals surface area contributed by atoms with Crippen molar-refractivity contribution in [2.45, 2.75) is 33.2 Å². The van der Waals surface area contributed by atoms with E-state index in [-0.39, 0.29) is 11.8 Å². The maximum atomic E-state index is 11.3. The molecular weight excluding hydrogens is 250 g/mol. The molecule has 1 aromatic rings. The normalized spacial score (nSPS) is 11.2. The summed E-state index contributed by atoms with van der Waals surface area (Å²) in [7, 11) is 0. The minimum Gasteiger partial charge on any atom is -0.491 e. The largest absolute Gasteiger partial charge is 0.491 e. The lowest BCUT2D eigenvalue weighted by Crippen LogP contribution is -2.48. The van der Waals surface area contributed by atoms with Crippen LogP contribution in [0.5, 0.6) is 5.75 Å². The molecule has 0 aliphatic heterocycles. The molecule has 0 atom stereocenters. The molecule has 0 saturated carbocycles. The molecule has 0 unspecified atom stereocenters. The van der Waals surface area contributed by atoms with Crippen molar-refractivity contribution in [1.82, 2.24) is 5.32 Å². The molecule has 0 saturated heterocycles. The van der Waals surface area contributed by atoms with Crippen LogP contribution in [0.25, 0.3) is 0 Å². The van der Waals surface area contributed by atoms with Crippen LogP contribution < -0.4 is 10.1 Å². The fourth-order valence-electron chi connectivity index (χ4n) is 1.59. The van der Waals surface area contributed by atoms with Crippen LogP contribution in [0.2, 0.25) is 0 Å². The van der Waals surface area contributed by atoms with Crippen LogP contribution in [0.1, 0.15) is 25.0 Å². The summed E-state index contributed by atoms with van der Waals surface area (Å²) in [4.78, 5) is 11.3. The highest BCUT2D eigenvalue weighted by atomic mass is 35.5. The number of carbonyl (C=O) groups is 1. The number of rotatable bonds is 5. The Morgan fingerprint density at radius 3 is 2.67 bits per heavy atom. The van der Waals surface area contributed by atoms with E-state index in [2.05, 4.69) is 5.32 Å². The number of halogens is 1. The second kappa shape index (κ2) is 6.10. The van der Waals surface area contributed by atoms with Crippen LogP contribution in [-0.2, 0) is 4.79 Å². The maximum Gasteiger partial charge on any atom is 0.235 e. The SMILES string of the molecule is Cc1cccc(OCC(C)(C)NC(=O)CCl)c1C. The molecule has 1 aromatic carbocycles. The summed E-state index contributed by atoms with van der Waals surface area (Å²) in [6.07, 6.45) is 0. The van der Waals surface area contributed by atoms with Crippen molar-refractivity contribution in [3.05, 3.63) is 29.3 Å². The van der Waals surface area contributed by atoms with Gasteiger partial charge in [0.25, 0.3) is 0 Å². The predicted octanol–water partition coefficient (Wildman–Crippen LogP) is 2.82. The van der Waals surface area contributed by atoms with E-state index in [9.17, 15) is 4.79 Å². The smallest absolute Gasteiger partial charge is 0.235 e. The molecule has 0 aromatic heterocycles. The zero-order valence-corrected chi connectivity index (χ0v) is 12.1. The minimum absolute atomic E-state index is 0.0348. The van der Waals surface area contributed by atoms with Crippen molar-refractivity contribution in [3.63, 3.8) is 0 Å². The van der Waals surface area contributed by atoms with Gasteiger partial charge in [0.2, 0.25) is 5.91 Å². The van der Waals surface area contributed by atoms with Gasteiger partial charge in [-0.1, -0.05) is 12.1 Å². The van der Waals surface area contributed by atoms with E-state index in [1.54, 1.807) is 0 Å². The Morgan fingerprint density at radius 2 is 2.06 bits per heavy atom. The topological polar surface area (TPSA) is 38.3 Å². The van der Waals surface area contributed by atoms with Gasteiger partial charge >= 0.3 is 0 Å². The first-order chi connectivity index (χ1) is 8.35. The lowest BCUT2D eigenvalue weighted by Gasteiger charge is -2.26. The second-order valence-corrected chi connectivity index (χ2v) is 5.32. The number of ether oxygens (including phenoxy) is 1. The van der Waals surface area contributed by atoms with Crippen LogP contribution in [0.15, 0.2) is 18.2 Å². The molecule has 0 radical (unpaired) electrons. The molecule has 0 aliphatic carbocycles. The Morgan fingerprint density at radius 1 is 1.39 bits per heavy atom. The standard InChI is InChI=1S/C14H20ClNO2/c1-10-6-5-7-12(11(10)2)18-9-14(3,4)16-13(17)8-15/h5-7H,8-9H2,1-4H3,(H,16,17). The highest BCUT2D eigenvalue weighted by Crippen LogP contribution is 2.21. The lowest BCUT2D eigenvalue weighted by atomic mass is 10.1. The number of hydrogen-bond donors (Lipinski definition) is 1. The van der Waals surface area contributed by atoms with E-state index in [1.807, 2.05) is 45.9 Å². The molecule has 1 amide bonds. The zero-order valence-electron chi connectivity index (χ0n) is 11.3. The quantitative estimate of drug-likeness (QED) is 0.835. The molecule has 1 N–H and O–H groups in total. The summed E-state index contributed by atoms with van der Waals surface area (Å²) in [6, 6.07) is 5.94. The fourth-order valence-corrected chi connectivity index (χ4v) is 1.65. The second-order valence-electron chi connectivity index (χ2n) is 5.05. The Bertz CT molecular complexity index is 430. The molecule has 3 nitrogen and oxygen atoms in total. The number of nitrogens with one attached hydrogen (secondary N) is 1. The number of hydrogen-bond acceptors (Lipinski definition) is 2. The van der Waals surface area contributed by atoms with Gasteiger partial charge in [-0.3, -0.25) is 4.79 Å².